The van der Waals surface area contributed by atoms with E-state index in [-0.39, 0.29) is 0 Å². The molecule has 66 valence electrons. The van der Waals surface area contributed by atoms with Crippen molar-refractivity contribution < 1.29 is 0 Å². The predicted molar refractivity (Wildman–Crippen MR) is 52.9 cm³/mol. The molecule has 0 aliphatic heterocycles. The normalized spacial score (nSPS) is 10.3. The number of hydrogen-bond acceptors (Lipinski definition) is 4. The minimum absolute atomic E-state index is 0.700. The zero-order valence-electron chi connectivity index (χ0n) is 7.51. The number of aromatic nitrogens is 1. The number of pyridine rings is 1. The summed E-state index contributed by atoms with van der Waals surface area (Å²) >= 11 is 1.19. The summed E-state index contributed by atoms with van der Waals surface area (Å²) in [5.74, 6) is 0. The summed E-state index contributed by atoms with van der Waals surface area (Å²) in [7, 11) is 0. The van der Waals surface area contributed by atoms with E-state index in [1.165, 1.54) is 11.9 Å². The molecule has 0 amide bonds. The Morgan fingerprint density at radius 2 is 1.75 bits per heavy atom. The van der Waals surface area contributed by atoms with Crippen molar-refractivity contribution in [2.45, 2.75) is 25.7 Å². The van der Waals surface area contributed by atoms with Gasteiger partial charge in [-0.1, -0.05) is 0 Å². The number of aryl methyl sites for hydroxylation is 2. The first kappa shape index (κ1) is 9.35. The topological polar surface area (TPSA) is 64.9 Å². The van der Waals surface area contributed by atoms with Crippen LogP contribution < -0.4 is 10.9 Å². The molecule has 0 saturated heterocycles. The van der Waals surface area contributed by atoms with Crippen molar-refractivity contribution in [2.24, 2.45) is 5.14 Å². The minimum Gasteiger partial charge on any atom is -0.396 e. The molecule has 1 heterocycles. The fraction of sp³-hybridized carbons (Fsp3) is 0.375. The highest BCUT2D eigenvalue weighted by atomic mass is 32.2. The first-order chi connectivity index (χ1) is 5.57. The Bertz CT molecular complexity index is 283. The maximum atomic E-state index is 5.80. The molecule has 0 aliphatic rings. The molecule has 4 N–H and O–H groups in total. The molecule has 0 aliphatic carbocycles. The molecule has 1 aromatic rings. The maximum absolute atomic E-state index is 5.80. The molecule has 0 spiro atoms. The average Bonchev–Trinajstić information content (AvgIpc) is 2.02. The van der Waals surface area contributed by atoms with E-state index in [9.17, 15) is 0 Å². The SMILES string of the molecule is Cc1nc(C)c(N)c(SN)c1C. The number of rotatable bonds is 1. The third-order valence-electron chi connectivity index (χ3n) is 1.97. The van der Waals surface area contributed by atoms with Gasteiger partial charge in [-0.3, -0.25) is 10.1 Å². The third-order valence-corrected chi connectivity index (χ3v) is 2.73. The van der Waals surface area contributed by atoms with E-state index >= 15 is 0 Å². The summed E-state index contributed by atoms with van der Waals surface area (Å²) < 4.78 is 0. The van der Waals surface area contributed by atoms with Crippen molar-refractivity contribution in [1.82, 2.24) is 4.98 Å². The van der Waals surface area contributed by atoms with Gasteiger partial charge in [-0.25, -0.2) is 0 Å². The van der Waals surface area contributed by atoms with Crippen LogP contribution >= 0.6 is 11.9 Å². The quantitative estimate of drug-likeness (QED) is 0.648. The Hall–Kier alpha value is -0.740. The van der Waals surface area contributed by atoms with Crippen LogP contribution in [0.2, 0.25) is 0 Å². The van der Waals surface area contributed by atoms with E-state index in [1.807, 2.05) is 20.8 Å². The van der Waals surface area contributed by atoms with Gasteiger partial charge >= 0.3 is 0 Å². The van der Waals surface area contributed by atoms with E-state index in [0.717, 1.165) is 21.8 Å². The molecule has 1 aromatic heterocycles. The largest absolute Gasteiger partial charge is 0.396 e. The number of nitrogens with two attached hydrogens (primary N) is 2. The Balaban J connectivity index is 3.42. The van der Waals surface area contributed by atoms with E-state index in [4.69, 9.17) is 10.9 Å². The Kier molecular flexibility index (Phi) is 2.59. The van der Waals surface area contributed by atoms with Crippen molar-refractivity contribution in [3.63, 3.8) is 0 Å². The van der Waals surface area contributed by atoms with Gasteiger partial charge in [-0.05, 0) is 38.3 Å². The first-order valence-corrected chi connectivity index (χ1v) is 4.56. The fourth-order valence-electron chi connectivity index (χ4n) is 1.08. The second kappa shape index (κ2) is 3.33. The van der Waals surface area contributed by atoms with E-state index in [0.29, 0.717) is 5.69 Å². The summed E-state index contributed by atoms with van der Waals surface area (Å²) in [5, 5.41) is 5.50. The molecule has 4 heteroatoms. The van der Waals surface area contributed by atoms with Crippen molar-refractivity contribution in [3.05, 3.63) is 17.0 Å². The lowest BCUT2D eigenvalue weighted by atomic mass is 10.2. The van der Waals surface area contributed by atoms with Gasteiger partial charge in [-0.2, -0.15) is 0 Å². The van der Waals surface area contributed by atoms with Crippen molar-refractivity contribution in [2.75, 3.05) is 5.73 Å². The molecule has 0 radical (unpaired) electrons. The van der Waals surface area contributed by atoms with Crippen LogP contribution in [0.5, 0.6) is 0 Å². The average molecular weight is 183 g/mol. The lowest BCUT2D eigenvalue weighted by molar-refractivity contribution is 1.05. The molecule has 0 bridgehead atoms. The predicted octanol–water partition coefficient (Wildman–Crippen LogP) is 1.55. The monoisotopic (exact) mass is 183 g/mol. The second-order valence-electron chi connectivity index (χ2n) is 2.77. The van der Waals surface area contributed by atoms with Gasteiger partial charge < -0.3 is 5.73 Å². The van der Waals surface area contributed by atoms with Gasteiger partial charge in [-0.15, -0.1) is 0 Å². The molecule has 12 heavy (non-hydrogen) atoms. The molecular weight excluding hydrogens is 170 g/mol. The minimum atomic E-state index is 0.700. The smallest absolute Gasteiger partial charge is 0.0684 e. The van der Waals surface area contributed by atoms with Crippen LogP contribution in [-0.2, 0) is 0 Å². The number of anilines is 1. The number of nitrogen functional groups attached to an aromatic ring is 1. The Morgan fingerprint density at radius 3 is 2.25 bits per heavy atom. The lowest BCUT2D eigenvalue weighted by Gasteiger charge is -2.10. The summed E-state index contributed by atoms with van der Waals surface area (Å²) in [6.45, 7) is 5.83. The van der Waals surface area contributed by atoms with Crippen LogP contribution in [0.4, 0.5) is 5.69 Å². The van der Waals surface area contributed by atoms with E-state index in [2.05, 4.69) is 4.98 Å². The maximum Gasteiger partial charge on any atom is 0.0684 e. The van der Waals surface area contributed by atoms with Gasteiger partial charge in [0.15, 0.2) is 0 Å². The third kappa shape index (κ3) is 1.40. The number of hydrogen-bond donors (Lipinski definition) is 2. The van der Waals surface area contributed by atoms with Crippen molar-refractivity contribution in [3.8, 4) is 0 Å². The highest BCUT2D eigenvalue weighted by Gasteiger charge is 2.08. The van der Waals surface area contributed by atoms with Crippen molar-refractivity contribution >= 4 is 17.6 Å². The van der Waals surface area contributed by atoms with Crippen LogP contribution in [0.3, 0.4) is 0 Å². The standard InChI is InChI=1S/C8H13N3S/c1-4-5(2)11-6(3)7(9)8(4)12-10/h9-10H2,1-3H3. The first-order valence-electron chi connectivity index (χ1n) is 3.68. The van der Waals surface area contributed by atoms with Gasteiger partial charge in [0, 0.05) is 5.69 Å². The number of nitrogens with zero attached hydrogens (tertiary/aromatic N) is 1. The lowest BCUT2D eigenvalue weighted by Crippen LogP contribution is -2.02. The van der Waals surface area contributed by atoms with Crippen LogP contribution in [0.1, 0.15) is 17.0 Å². The van der Waals surface area contributed by atoms with Crippen LogP contribution in [-0.4, -0.2) is 4.98 Å². The van der Waals surface area contributed by atoms with E-state index < -0.39 is 0 Å². The summed E-state index contributed by atoms with van der Waals surface area (Å²) in [5.41, 5.74) is 9.42. The Morgan fingerprint density at radius 1 is 1.17 bits per heavy atom. The molecule has 0 atom stereocenters. The summed E-state index contributed by atoms with van der Waals surface area (Å²) in [6.07, 6.45) is 0. The fourth-order valence-corrected chi connectivity index (χ4v) is 1.68. The zero-order valence-corrected chi connectivity index (χ0v) is 8.33. The highest BCUT2D eigenvalue weighted by molar-refractivity contribution is 7.97. The van der Waals surface area contributed by atoms with E-state index in [1.54, 1.807) is 0 Å². The summed E-state index contributed by atoms with van der Waals surface area (Å²) in [4.78, 5) is 5.23. The van der Waals surface area contributed by atoms with Gasteiger partial charge in [0.2, 0.25) is 0 Å². The second-order valence-corrected chi connectivity index (χ2v) is 3.41. The van der Waals surface area contributed by atoms with Gasteiger partial charge in [0.05, 0.1) is 16.3 Å². The van der Waals surface area contributed by atoms with Crippen molar-refractivity contribution in [1.29, 1.82) is 0 Å². The molecule has 0 aromatic carbocycles. The van der Waals surface area contributed by atoms with Gasteiger partial charge in [0.1, 0.15) is 0 Å². The van der Waals surface area contributed by atoms with Crippen LogP contribution in [0, 0.1) is 20.8 Å². The molecule has 1 rings (SSSR count). The van der Waals surface area contributed by atoms with Crippen LogP contribution in [0.25, 0.3) is 0 Å². The molecule has 0 saturated carbocycles. The highest BCUT2D eigenvalue weighted by Crippen LogP contribution is 2.28. The zero-order chi connectivity index (χ0) is 9.30. The Labute approximate surface area is 76.7 Å². The molecule has 0 fully saturated rings. The molecular formula is C8H13N3S. The van der Waals surface area contributed by atoms with Crippen LogP contribution in [0.15, 0.2) is 4.90 Å². The van der Waals surface area contributed by atoms with Gasteiger partial charge in [0.25, 0.3) is 0 Å². The molecule has 0 unspecified atom stereocenters. The molecule has 3 nitrogen and oxygen atoms in total. The summed E-state index contributed by atoms with van der Waals surface area (Å²) in [6, 6.07) is 0.